The van der Waals surface area contributed by atoms with Crippen LogP contribution in [0.2, 0.25) is 0 Å². The van der Waals surface area contributed by atoms with E-state index in [0.29, 0.717) is 17.4 Å². The number of carbonyl (C=O) groups excluding carboxylic acids is 1. The van der Waals surface area contributed by atoms with Crippen molar-refractivity contribution >= 4 is 16.8 Å². The van der Waals surface area contributed by atoms with Crippen LogP contribution in [0.25, 0.3) is 10.9 Å². The van der Waals surface area contributed by atoms with E-state index in [4.69, 9.17) is 0 Å². The largest absolute Gasteiger partial charge is 0.350 e. The number of carbonyl (C=O) groups is 1. The third-order valence-electron chi connectivity index (χ3n) is 3.62. The lowest BCUT2D eigenvalue weighted by atomic mass is 10.1. The zero-order chi connectivity index (χ0) is 16.2. The minimum Gasteiger partial charge on any atom is -0.350 e. The second-order valence-corrected chi connectivity index (χ2v) is 5.46. The number of amides is 1. The van der Waals surface area contributed by atoms with Crippen molar-refractivity contribution in [3.63, 3.8) is 0 Å². The van der Waals surface area contributed by atoms with Crippen LogP contribution in [0, 0.1) is 6.92 Å². The number of aryl methyl sites for hydroxylation is 1. The number of nitrogens with zero attached hydrogens (tertiary/aromatic N) is 2. The number of benzene rings is 2. The molecule has 0 aliphatic carbocycles. The van der Waals surface area contributed by atoms with E-state index in [-0.39, 0.29) is 18.0 Å². The summed E-state index contributed by atoms with van der Waals surface area (Å²) >= 11 is 0. The van der Waals surface area contributed by atoms with Gasteiger partial charge in [-0.05, 0) is 24.6 Å². The Kier molecular flexibility index (Phi) is 4.19. The lowest BCUT2D eigenvalue weighted by molar-refractivity contribution is -0.121. The van der Waals surface area contributed by atoms with Crippen LogP contribution in [0.4, 0.5) is 0 Å². The van der Waals surface area contributed by atoms with Gasteiger partial charge in [-0.25, -0.2) is 4.98 Å². The SMILES string of the molecule is Cc1cccc(CNC(=O)Cn2cnc3ccccc3c2=O)c1. The molecule has 2 aromatic carbocycles. The monoisotopic (exact) mass is 307 g/mol. The van der Waals surface area contributed by atoms with E-state index >= 15 is 0 Å². The first-order valence-electron chi connectivity index (χ1n) is 7.40. The zero-order valence-corrected chi connectivity index (χ0v) is 12.8. The highest BCUT2D eigenvalue weighted by Crippen LogP contribution is 2.05. The number of hydrogen-bond acceptors (Lipinski definition) is 3. The predicted octanol–water partition coefficient (Wildman–Crippen LogP) is 2.02. The van der Waals surface area contributed by atoms with Gasteiger partial charge in [0.05, 0.1) is 17.2 Å². The zero-order valence-electron chi connectivity index (χ0n) is 12.8. The van der Waals surface area contributed by atoms with E-state index < -0.39 is 0 Å². The van der Waals surface area contributed by atoms with Crippen LogP contribution in [0.15, 0.2) is 59.7 Å². The van der Waals surface area contributed by atoms with Gasteiger partial charge in [0.2, 0.25) is 5.91 Å². The summed E-state index contributed by atoms with van der Waals surface area (Å²) in [7, 11) is 0. The van der Waals surface area contributed by atoms with Crippen molar-refractivity contribution in [3.05, 3.63) is 76.3 Å². The second kappa shape index (κ2) is 6.44. The summed E-state index contributed by atoms with van der Waals surface area (Å²) in [6, 6.07) is 15.0. The van der Waals surface area contributed by atoms with Crippen LogP contribution in [-0.4, -0.2) is 15.5 Å². The molecule has 0 aliphatic rings. The van der Waals surface area contributed by atoms with Crippen LogP contribution in [0.3, 0.4) is 0 Å². The van der Waals surface area contributed by atoms with Crippen LogP contribution in [0.1, 0.15) is 11.1 Å². The fraction of sp³-hybridized carbons (Fsp3) is 0.167. The molecule has 116 valence electrons. The van der Waals surface area contributed by atoms with Gasteiger partial charge in [0.1, 0.15) is 6.54 Å². The molecule has 0 fully saturated rings. The summed E-state index contributed by atoms with van der Waals surface area (Å²) < 4.78 is 1.33. The number of nitrogens with one attached hydrogen (secondary N) is 1. The molecule has 0 radical (unpaired) electrons. The summed E-state index contributed by atoms with van der Waals surface area (Å²) in [4.78, 5) is 28.6. The number of fused-ring (bicyclic) bond motifs is 1. The predicted molar refractivity (Wildman–Crippen MR) is 89.0 cm³/mol. The number of hydrogen-bond donors (Lipinski definition) is 1. The van der Waals surface area contributed by atoms with Crippen molar-refractivity contribution in [2.45, 2.75) is 20.0 Å². The summed E-state index contributed by atoms with van der Waals surface area (Å²) in [5, 5.41) is 3.34. The Labute approximate surface area is 133 Å². The van der Waals surface area contributed by atoms with Crippen LogP contribution >= 0.6 is 0 Å². The van der Waals surface area contributed by atoms with E-state index in [1.807, 2.05) is 37.3 Å². The van der Waals surface area contributed by atoms with Crippen molar-refractivity contribution < 1.29 is 4.79 Å². The van der Waals surface area contributed by atoms with E-state index in [1.165, 1.54) is 10.9 Å². The fourth-order valence-corrected chi connectivity index (χ4v) is 2.45. The van der Waals surface area contributed by atoms with Crippen molar-refractivity contribution in [2.75, 3.05) is 0 Å². The minimum atomic E-state index is -0.217. The van der Waals surface area contributed by atoms with Gasteiger partial charge in [-0.3, -0.25) is 14.2 Å². The maximum Gasteiger partial charge on any atom is 0.261 e. The molecule has 1 N–H and O–H groups in total. The Morgan fingerprint density at radius 1 is 1.17 bits per heavy atom. The molecule has 0 saturated heterocycles. The van der Waals surface area contributed by atoms with Crippen molar-refractivity contribution in [1.29, 1.82) is 0 Å². The van der Waals surface area contributed by atoms with Gasteiger partial charge in [-0.15, -0.1) is 0 Å². The third-order valence-corrected chi connectivity index (χ3v) is 3.62. The topological polar surface area (TPSA) is 64.0 Å². The highest BCUT2D eigenvalue weighted by Gasteiger charge is 2.07. The first-order valence-corrected chi connectivity index (χ1v) is 7.40. The maximum atomic E-state index is 12.3. The first-order chi connectivity index (χ1) is 11.1. The maximum absolute atomic E-state index is 12.3. The van der Waals surface area contributed by atoms with Crippen molar-refractivity contribution in [3.8, 4) is 0 Å². The first kappa shape index (κ1) is 15.0. The average molecular weight is 307 g/mol. The molecule has 0 unspecified atom stereocenters. The Morgan fingerprint density at radius 2 is 2.00 bits per heavy atom. The fourth-order valence-electron chi connectivity index (χ4n) is 2.45. The summed E-state index contributed by atoms with van der Waals surface area (Å²) in [5.41, 5.74) is 2.60. The summed E-state index contributed by atoms with van der Waals surface area (Å²) in [6.07, 6.45) is 1.41. The molecule has 3 rings (SSSR count). The van der Waals surface area contributed by atoms with E-state index in [2.05, 4.69) is 10.3 Å². The summed E-state index contributed by atoms with van der Waals surface area (Å²) in [6.45, 7) is 2.41. The molecule has 0 aliphatic heterocycles. The lowest BCUT2D eigenvalue weighted by Gasteiger charge is -2.08. The second-order valence-electron chi connectivity index (χ2n) is 5.46. The van der Waals surface area contributed by atoms with Gasteiger partial charge in [-0.2, -0.15) is 0 Å². The Bertz CT molecular complexity index is 915. The number of aromatic nitrogens is 2. The number of para-hydroxylation sites is 1. The normalized spacial score (nSPS) is 10.7. The van der Waals surface area contributed by atoms with Crippen LogP contribution < -0.4 is 10.9 Å². The summed E-state index contributed by atoms with van der Waals surface area (Å²) in [5.74, 6) is -0.217. The van der Waals surface area contributed by atoms with Crippen molar-refractivity contribution in [2.24, 2.45) is 0 Å². The van der Waals surface area contributed by atoms with Gasteiger partial charge in [0.15, 0.2) is 0 Å². The van der Waals surface area contributed by atoms with Gasteiger partial charge in [0.25, 0.3) is 5.56 Å². The molecule has 1 heterocycles. The molecule has 5 nitrogen and oxygen atoms in total. The lowest BCUT2D eigenvalue weighted by Crippen LogP contribution is -2.32. The number of rotatable bonds is 4. The smallest absolute Gasteiger partial charge is 0.261 e. The van der Waals surface area contributed by atoms with Gasteiger partial charge >= 0.3 is 0 Å². The molecule has 0 bridgehead atoms. The van der Waals surface area contributed by atoms with Gasteiger partial charge < -0.3 is 5.32 Å². The van der Waals surface area contributed by atoms with Crippen LogP contribution in [-0.2, 0) is 17.9 Å². The van der Waals surface area contributed by atoms with Gasteiger partial charge in [0, 0.05) is 6.54 Å². The Hall–Kier alpha value is -2.95. The molecule has 5 heteroatoms. The molecular formula is C18H17N3O2. The molecule has 0 saturated carbocycles. The van der Waals surface area contributed by atoms with E-state index in [0.717, 1.165) is 11.1 Å². The molecule has 1 amide bonds. The molecule has 1 aromatic heterocycles. The Balaban J connectivity index is 1.71. The highest BCUT2D eigenvalue weighted by atomic mass is 16.2. The standard InChI is InChI=1S/C18H17N3O2/c1-13-5-4-6-14(9-13)10-19-17(22)11-21-12-20-16-8-3-2-7-15(16)18(21)23/h2-9,12H,10-11H2,1H3,(H,19,22). The highest BCUT2D eigenvalue weighted by molar-refractivity contribution is 5.78. The Morgan fingerprint density at radius 3 is 2.83 bits per heavy atom. The third kappa shape index (κ3) is 3.45. The van der Waals surface area contributed by atoms with Crippen molar-refractivity contribution in [1.82, 2.24) is 14.9 Å². The molecular weight excluding hydrogens is 290 g/mol. The van der Waals surface area contributed by atoms with E-state index in [9.17, 15) is 9.59 Å². The molecule has 0 spiro atoms. The van der Waals surface area contributed by atoms with Gasteiger partial charge in [-0.1, -0.05) is 42.0 Å². The quantitative estimate of drug-likeness (QED) is 0.802. The van der Waals surface area contributed by atoms with Crippen LogP contribution in [0.5, 0.6) is 0 Å². The van der Waals surface area contributed by atoms with E-state index in [1.54, 1.807) is 18.2 Å². The minimum absolute atomic E-state index is 0.0392. The molecule has 23 heavy (non-hydrogen) atoms. The molecule has 0 atom stereocenters. The molecule has 3 aromatic rings. The average Bonchev–Trinajstić information content (AvgIpc) is 2.56.